The van der Waals surface area contributed by atoms with Gasteiger partial charge in [0.1, 0.15) is 0 Å². The first kappa shape index (κ1) is 10.4. The zero-order valence-corrected chi connectivity index (χ0v) is 9.26. The standard InChI is InChI=1S/C12H23NO/c1-10(8-11-4-2-5-11)13-9-12(14)6-3-7-12/h10-11,13-14H,2-9H2,1H3. The molecule has 0 radical (unpaired) electrons. The van der Waals surface area contributed by atoms with Crippen LogP contribution in [0.3, 0.4) is 0 Å². The molecule has 0 saturated heterocycles. The van der Waals surface area contributed by atoms with Gasteiger partial charge in [0.2, 0.25) is 0 Å². The molecule has 2 saturated carbocycles. The largest absolute Gasteiger partial charge is 0.389 e. The van der Waals surface area contributed by atoms with E-state index in [9.17, 15) is 5.11 Å². The fraction of sp³-hybridized carbons (Fsp3) is 1.00. The number of rotatable bonds is 5. The highest BCUT2D eigenvalue weighted by Gasteiger charge is 2.34. The Kier molecular flexibility index (Phi) is 3.13. The van der Waals surface area contributed by atoms with Gasteiger partial charge in [-0.25, -0.2) is 0 Å². The van der Waals surface area contributed by atoms with Gasteiger partial charge in [0.05, 0.1) is 5.60 Å². The molecule has 2 nitrogen and oxygen atoms in total. The lowest BCUT2D eigenvalue weighted by atomic mass is 9.79. The summed E-state index contributed by atoms with van der Waals surface area (Å²) in [6.07, 6.45) is 8.78. The Labute approximate surface area is 87.1 Å². The number of nitrogens with one attached hydrogen (secondary N) is 1. The third-order valence-corrected chi connectivity index (χ3v) is 3.98. The van der Waals surface area contributed by atoms with Crippen molar-refractivity contribution in [2.24, 2.45) is 5.92 Å². The van der Waals surface area contributed by atoms with Crippen molar-refractivity contribution < 1.29 is 5.11 Å². The average molecular weight is 197 g/mol. The van der Waals surface area contributed by atoms with Crippen LogP contribution in [-0.4, -0.2) is 23.3 Å². The van der Waals surface area contributed by atoms with Crippen LogP contribution in [0.15, 0.2) is 0 Å². The minimum atomic E-state index is -0.353. The van der Waals surface area contributed by atoms with E-state index in [1.807, 2.05) is 0 Å². The topological polar surface area (TPSA) is 32.3 Å². The van der Waals surface area contributed by atoms with E-state index in [1.165, 1.54) is 32.1 Å². The molecular weight excluding hydrogens is 174 g/mol. The summed E-state index contributed by atoms with van der Waals surface area (Å²) in [7, 11) is 0. The molecule has 2 fully saturated rings. The molecule has 0 heterocycles. The van der Waals surface area contributed by atoms with Crippen LogP contribution in [0.1, 0.15) is 51.9 Å². The molecule has 1 atom stereocenters. The maximum atomic E-state index is 9.90. The third kappa shape index (κ3) is 2.48. The predicted molar refractivity (Wildman–Crippen MR) is 58.2 cm³/mol. The second-order valence-corrected chi connectivity index (χ2v) is 5.39. The summed E-state index contributed by atoms with van der Waals surface area (Å²) in [4.78, 5) is 0. The molecule has 0 bridgehead atoms. The monoisotopic (exact) mass is 197 g/mol. The Bertz CT molecular complexity index is 185. The first-order valence-corrected chi connectivity index (χ1v) is 6.14. The van der Waals surface area contributed by atoms with Crippen LogP contribution in [0.4, 0.5) is 0 Å². The van der Waals surface area contributed by atoms with Gasteiger partial charge in [0.25, 0.3) is 0 Å². The Hall–Kier alpha value is -0.0800. The summed E-state index contributed by atoms with van der Waals surface area (Å²) in [5.74, 6) is 0.966. The van der Waals surface area contributed by atoms with Gasteiger partial charge in [0.15, 0.2) is 0 Å². The first-order valence-electron chi connectivity index (χ1n) is 6.14. The molecule has 0 spiro atoms. The van der Waals surface area contributed by atoms with Gasteiger partial charge >= 0.3 is 0 Å². The minimum Gasteiger partial charge on any atom is -0.389 e. The predicted octanol–water partition coefficient (Wildman–Crippen LogP) is 2.07. The summed E-state index contributed by atoms with van der Waals surface area (Å²) in [5, 5.41) is 13.4. The SMILES string of the molecule is CC(CC1CCC1)NCC1(O)CCC1. The number of hydrogen-bond acceptors (Lipinski definition) is 2. The smallest absolute Gasteiger partial charge is 0.0771 e. The number of hydrogen-bond donors (Lipinski definition) is 2. The van der Waals surface area contributed by atoms with Crippen molar-refractivity contribution in [2.45, 2.75) is 63.5 Å². The van der Waals surface area contributed by atoms with E-state index in [2.05, 4.69) is 12.2 Å². The average Bonchev–Trinajstić information content (AvgIpc) is 2.05. The van der Waals surface area contributed by atoms with Crippen LogP contribution in [0.25, 0.3) is 0 Å². The van der Waals surface area contributed by atoms with Crippen LogP contribution in [0.2, 0.25) is 0 Å². The van der Waals surface area contributed by atoms with Crippen LogP contribution in [0, 0.1) is 5.92 Å². The fourth-order valence-corrected chi connectivity index (χ4v) is 2.44. The van der Waals surface area contributed by atoms with Crippen molar-refractivity contribution in [1.82, 2.24) is 5.32 Å². The number of aliphatic hydroxyl groups is 1. The van der Waals surface area contributed by atoms with Gasteiger partial charge in [-0.15, -0.1) is 0 Å². The second kappa shape index (κ2) is 4.19. The summed E-state index contributed by atoms with van der Waals surface area (Å²) in [5.41, 5.74) is -0.353. The third-order valence-electron chi connectivity index (χ3n) is 3.98. The van der Waals surface area contributed by atoms with Gasteiger partial charge in [-0.2, -0.15) is 0 Å². The quantitative estimate of drug-likeness (QED) is 0.707. The van der Waals surface area contributed by atoms with Gasteiger partial charge < -0.3 is 10.4 Å². The molecule has 82 valence electrons. The maximum absolute atomic E-state index is 9.90. The molecule has 2 rings (SSSR count). The van der Waals surface area contributed by atoms with Crippen LogP contribution >= 0.6 is 0 Å². The molecular formula is C12H23NO. The molecule has 14 heavy (non-hydrogen) atoms. The zero-order valence-electron chi connectivity index (χ0n) is 9.26. The lowest BCUT2D eigenvalue weighted by Crippen LogP contribution is -2.48. The van der Waals surface area contributed by atoms with Crippen molar-refractivity contribution in [3.8, 4) is 0 Å². The molecule has 0 aromatic rings. The van der Waals surface area contributed by atoms with Crippen molar-refractivity contribution in [2.75, 3.05) is 6.54 Å². The highest BCUT2D eigenvalue weighted by atomic mass is 16.3. The summed E-state index contributed by atoms with van der Waals surface area (Å²) >= 11 is 0. The van der Waals surface area contributed by atoms with E-state index >= 15 is 0 Å². The van der Waals surface area contributed by atoms with Crippen molar-refractivity contribution in [3.63, 3.8) is 0 Å². The Morgan fingerprint density at radius 2 is 2.07 bits per heavy atom. The lowest BCUT2D eigenvalue weighted by molar-refractivity contribution is -0.0335. The van der Waals surface area contributed by atoms with E-state index in [4.69, 9.17) is 0 Å². The van der Waals surface area contributed by atoms with Crippen LogP contribution in [-0.2, 0) is 0 Å². The van der Waals surface area contributed by atoms with E-state index in [0.717, 1.165) is 25.3 Å². The van der Waals surface area contributed by atoms with E-state index in [1.54, 1.807) is 0 Å². The minimum absolute atomic E-state index is 0.353. The van der Waals surface area contributed by atoms with Crippen molar-refractivity contribution >= 4 is 0 Å². The summed E-state index contributed by atoms with van der Waals surface area (Å²) in [6, 6.07) is 0.588. The van der Waals surface area contributed by atoms with Crippen LogP contribution < -0.4 is 5.32 Å². The molecule has 2 aliphatic carbocycles. The summed E-state index contributed by atoms with van der Waals surface area (Å²) in [6.45, 7) is 3.06. The molecule has 2 aliphatic rings. The van der Waals surface area contributed by atoms with Crippen LogP contribution in [0.5, 0.6) is 0 Å². The molecule has 2 N–H and O–H groups in total. The van der Waals surface area contributed by atoms with E-state index in [0.29, 0.717) is 6.04 Å². The Morgan fingerprint density at radius 1 is 1.36 bits per heavy atom. The van der Waals surface area contributed by atoms with Gasteiger partial charge in [-0.3, -0.25) is 0 Å². The van der Waals surface area contributed by atoms with Gasteiger partial charge in [-0.1, -0.05) is 19.3 Å². The first-order chi connectivity index (χ1) is 6.68. The molecule has 0 aromatic heterocycles. The Morgan fingerprint density at radius 3 is 2.50 bits per heavy atom. The molecule has 0 amide bonds. The summed E-state index contributed by atoms with van der Waals surface area (Å²) < 4.78 is 0. The second-order valence-electron chi connectivity index (χ2n) is 5.39. The van der Waals surface area contributed by atoms with Gasteiger partial charge in [0, 0.05) is 12.6 Å². The highest BCUT2D eigenvalue weighted by Crippen LogP contribution is 2.32. The lowest BCUT2D eigenvalue weighted by Gasteiger charge is -2.38. The zero-order chi connectivity index (χ0) is 10.0. The molecule has 2 heteroatoms. The molecule has 0 aliphatic heterocycles. The highest BCUT2D eigenvalue weighted by molar-refractivity contribution is 4.90. The van der Waals surface area contributed by atoms with E-state index < -0.39 is 0 Å². The Balaban J connectivity index is 1.59. The maximum Gasteiger partial charge on any atom is 0.0771 e. The van der Waals surface area contributed by atoms with Gasteiger partial charge in [-0.05, 0) is 38.5 Å². The molecule has 0 aromatic carbocycles. The fourth-order valence-electron chi connectivity index (χ4n) is 2.44. The molecule has 1 unspecified atom stereocenters. The van der Waals surface area contributed by atoms with Crippen molar-refractivity contribution in [1.29, 1.82) is 0 Å². The normalized spacial score (nSPS) is 27.9. The van der Waals surface area contributed by atoms with Crippen molar-refractivity contribution in [3.05, 3.63) is 0 Å². The van der Waals surface area contributed by atoms with E-state index in [-0.39, 0.29) is 5.60 Å².